The second-order valence-corrected chi connectivity index (χ2v) is 13.3. The van der Waals surface area contributed by atoms with E-state index in [0.717, 1.165) is 12.8 Å². The van der Waals surface area contributed by atoms with Gasteiger partial charge in [-0.25, -0.2) is 0 Å². The first-order valence-electron chi connectivity index (χ1n) is 17.5. The van der Waals surface area contributed by atoms with Crippen molar-refractivity contribution in [1.82, 2.24) is 4.57 Å². The van der Waals surface area contributed by atoms with Crippen molar-refractivity contribution in [3.05, 3.63) is 188 Å². The van der Waals surface area contributed by atoms with E-state index >= 15 is 0 Å². The van der Waals surface area contributed by atoms with E-state index in [9.17, 15) is 0 Å². The highest BCUT2D eigenvalue weighted by atomic mass is 15.0. The number of allylic oxidation sites excluding steroid dienone is 1. The molecule has 9 rings (SSSR count). The maximum absolute atomic E-state index is 4.05. The summed E-state index contributed by atoms with van der Waals surface area (Å²) in [5.41, 5.74) is 12.6. The van der Waals surface area contributed by atoms with Crippen molar-refractivity contribution in [2.45, 2.75) is 19.8 Å². The number of nitrogens with zero attached hydrogens (tertiary/aromatic N) is 1. The Bertz CT molecular complexity index is 2650. The molecule has 0 aliphatic rings. The maximum Gasteiger partial charge on any atom is 0.0534 e. The SMILES string of the molecule is C=CCCc1c(C)c2cc(-c3ccc4ccccc4c3)ccc2n1-c1ccc(-c2c3ccccc3c(-c3ccccc3)c3ccccc23)cc1. The highest BCUT2D eigenvalue weighted by Gasteiger charge is 2.19. The summed E-state index contributed by atoms with van der Waals surface area (Å²) in [5.74, 6) is 0. The van der Waals surface area contributed by atoms with Crippen LogP contribution < -0.4 is 0 Å². The van der Waals surface area contributed by atoms with Gasteiger partial charge in [-0.05, 0) is 121 Å². The van der Waals surface area contributed by atoms with Crippen LogP contribution in [0.1, 0.15) is 17.7 Å². The molecule has 238 valence electrons. The molecule has 50 heavy (non-hydrogen) atoms. The van der Waals surface area contributed by atoms with Gasteiger partial charge in [0.2, 0.25) is 0 Å². The number of hydrogen-bond acceptors (Lipinski definition) is 0. The smallest absolute Gasteiger partial charge is 0.0534 e. The van der Waals surface area contributed by atoms with E-state index in [1.807, 2.05) is 6.08 Å². The minimum absolute atomic E-state index is 0.929. The fourth-order valence-corrected chi connectivity index (χ4v) is 8.01. The second-order valence-electron chi connectivity index (χ2n) is 13.3. The van der Waals surface area contributed by atoms with Gasteiger partial charge >= 0.3 is 0 Å². The summed E-state index contributed by atoms with van der Waals surface area (Å²) in [6, 6.07) is 60.1. The molecule has 1 heterocycles. The van der Waals surface area contributed by atoms with Crippen LogP contribution in [-0.2, 0) is 6.42 Å². The average Bonchev–Trinajstić information content (AvgIpc) is 3.46. The van der Waals surface area contributed by atoms with Crippen LogP contribution in [0.25, 0.3) is 82.3 Å². The minimum atomic E-state index is 0.929. The molecule has 0 bridgehead atoms. The van der Waals surface area contributed by atoms with Crippen LogP contribution in [0.2, 0.25) is 0 Å². The third-order valence-electron chi connectivity index (χ3n) is 10.4. The lowest BCUT2D eigenvalue weighted by Gasteiger charge is -2.18. The van der Waals surface area contributed by atoms with Crippen LogP contribution in [0.15, 0.2) is 176 Å². The first-order valence-corrected chi connectivity index (χ1v) is 17.5. The molecule has 0 fully saturated rings. The van der Waals surface area contributed by atoms with Gasteiger partial charge in [-0.3, -0.25) is 0 Å². The standard InChI is InChI=1S/C49H37N/c1-3-4-22-46-33(2)45-32-39(38-24-23-34-14-8-9-17-37(34)31-38)27-30-47(45)50(46)40-28-25-36(26-29-40)49-43-20-12-10-18-41(43)48(35-15-6-5-7-16-35)42-19-11-13-21-44(42)49/h3,5-21,23-32H,1,4,22H2,2H3. The summed E-state index contributed by atoms with van der Waals surface area (Å²) >= 11 is 0. The van der Waals surface area contributed by atoms with Gasteiger partial charge in [-0.2, -0.15) is 0 Å². The first kappa shape index (κ1) is 29.9. The number of hydrogen-bond donors (Lipinski definition) is 0. The van der Waals surface area contributed by atoms with Gasteiger partial charge in [0.15, 0.2) is 0 Å². The summed E-state index contributed by atoms with van der Waals surface area (Å²) in [6.45, 7) is 6.33. The van der Waals surface area contributed by atoms with Gasteiger partial charge in [-0.1, -0.05) is 140 Å². The molecule has 1 heteroatoms. The van der Waals surface area contributed by atoms with E-state index < -0.39 is 0 Å². The van der Waals surface area contributed by atoms with Crippen molar-refractivity contribution in [1.29, 1.82) is 0 Å². The van der Waals surface area contributed by atoms with Crippen LogP contribution in [0.5, 0.6) is 0 Å². The van der Waals surface area contributed by atoms with Gasteiger partial charge in [0, 0.05) is 16.8 Å². The highest BCUT2D eigenvalue weighted by molar-refractivity contribution is 6.21. The van der Waals surface area contributed by atoms with E-state index in [1.54, 1.807) is 0 Å². The molecule has 0 aliphatic heterocycles. The van der Waals surface area contributed by atoms with E-state index in [-0.39, 0.29) is 0 Å². The zero-order chi connectivity index (χ0) is 33.6. The molecular weight excluding hydrogens is 603 g/mol. The normalized spacial score (nSPS) is 11.5. The first-order chi connectivity index (χ1) is 24.7. The van der Waals surface area contributed by atoms with Crippen LogP contribution >= 0.6 is 0 Å². The Labute approximate surface area is 293 Å². The number of aryl methyl sites for hydroxylation is 1. The second kappa shape index (κ2) is 12.4. The molecule has 0 saturated carbocycles. The van der Waals surface area contributed by atoms with Crippen LogP contribution in [0.4, 0.5) is 0 Å². The lowest BCUT2D eigenvalue weighted by atomic mass is 9.86. The quantitative estimate of drug-likeness (QED) is 0.121. The van der Waals surface area contributed by atoms with Crippen molar-refractivity contribution < 1.29 is 0 Å². The van der Waals surface area contributed by atoms with Crippen molar-refractivity contribution in [3.8, 4) is 39.1 Å². The van der Waals surface area contributed by atoms with Crippen LogP contribution in [0.3, 0.4) is 0 Å². The Kier molecular flexibility index (Phi) is 7.40. The highest BCUT2D eigenvalue weighted by Crippen LogP contribution is 2.44. The molecular formula is C49H37N. The van der Waals surface area contributed by atoms with E-state index in [4.69, 9.17) is 0 Å². The summed E-state index contributed by atoms with van der Waals surface area (Å²) in [6.07, 6.45) is 3.90. The monoisotopic (exact) mass is 639 g/mol. The van der Waals surface area contributed by atoms with Gasteiger partial charge < -0.3 is 4.57 Å². The summed E-state index contributed by atoms with van der Waals surface area (Å²) in [7, 11) is 0. The molecule has 0 radical (unpaired) electrons. The fourth-order valence-electron chi connectivity index (χ4n) is 8.01. The Morgan fingerprint density at radius 2 is 1.00 bits per heavy atom. The van der Waals surface area contributed by atoms with Crippen molar-refractivity contribution in [2.24, 2.45) is 0 Å². The molecule has 0 spiro atoms. The number of aromatic nitrogens is 1. The molecule has 0 atom stereocenters. The van der Waals surface area contributed by atoms with Crippen molar-refractivity contribution in [3.63, 3.8) is 0 Å². The van der Waals surface area contributed by atoms with Gasteiger partial charge in [0.05, 0.1) is 5.52 Å². The molecule has 9 aromatic rings. The summed E-state index contributed by atoms with van der Waals surface area (Å²) in [4.78, 5) is 0. The number of fused-ring (bicyclic) bond motifs is 4. The Balaban J connectivity index is 1.19. The molecule has 1 aromatic heterocycles. The molecule has 0 saturated heterocycles. The Morgan fingerprint density at radius 3 is 1.64 bits per heavy atom. The molecule has 0 amide bonds. The third-order valence-corrected chi connectivity index (χ3v) is 10.4. The average molecular weight is 640 g/mol. The van der Waals surface area contributed by atoms with Gasteiger partial charge in [-0.15, -0.1) is 6.58 Å². The zero-order valence-electron chi connectivity index (χ0n) is 28.2. The topological polar surface area (TPSA) is 4.93 Å². The minimum Gasteiger partial charge on any atom is -0.313 e. The summed E-state index contributed by atoms with van der Waals surface area (Å²) < 4.78 is 2.47. The van der Waals surface area contributed by atoms with Crippen molar-refractivity contribution >= 4 is 43.2 Å². The lowest BCUT2D eigenvalue weighted by molar-refractivity contribution is 0.890. The lowest BCUT2D eigenvalue weighted by Crippen LogP contribution is -2.01. The largest absolute Gasteiger partial charge is 0.313 e. The zero-order valence-corrected chi connectivity index (χ0v) is 28.2. The maximum atomic E-state index is 4.05. The molecule has 0 N–H and O–H groups in total. The fraction of sp³-hybridized carbons (Fsp3) is 0.0612. The molecule has 1 nitrogen and oxygen atoms in total. The number of benzene rings is 8. The Morgan fingerprint density at radius 1 is 0.480 bits per heavy atom. The summed E-state index contributed by atoms with van der Waals surface area (Å²) in [5, 5.41) is 8.92. The third kappa shape index (κ3) is 4.94. The van der Waals surface area contributed by atoms with Gasteiger partial charge in [0.1, 0.15) is 0 Å². The Hall–Kier alpha value is -6.18. The van der Waals surface area contributed by atoms with Crippen molar-refractivity contribution in [2.75, 3.05) is 0 Å². The molecule has 0 aliphatic carbocycles. The van der Waals surface area contributed by atoms with E-state index in [0.29, 0.717) is 0 Å². The predicted molar refractivity (Wildman–Crippen MR) is 215 cm³/mol. The number of rotatable bonds is 7. The van der Waals surface area contributed by atoms with E-state index in [2.05, 4.69) is 182 Å². The van der Waals surface area contributed by atoms with Gasteiger partial charge in [0.25, 0.3) is 0 Å². The predicted octanol–water partition coefficient (Wildman–Crippen LogP) is 13.5. The van der Waals surface area contributed by atoms with E-state index in [1.165, 1.54) is 93.5 Å². The molecule has 8 aromatic carbocycles. The van der Waals surface area contributed by atoms with Crippen LogP contribution in [-0.4, -0.2) is 4.57 Å². The van der Waals surface area contributed by atoms with Crippen LogP contribution in [0, 0.1) is 6.92 Å². The molecule has 0 unspecified atom stereocenters.